The molecule has 5 nitrogen and oxygen atoms in total. The monoisotopic (exact) mass is 275 g/mol. The van der Waals surface area contributed by atoms with Crippen molar-refractivity contribution in [2.75, 3.05) is 40.1 Å². The summed E-state index contributed by atoms with van der Waals surface area (Å²) in [5.74, 6) is 0.218. The first kappa shape index (κ1) is 18.4. The van der Waals surface area contributed by atoms with Crippen LogP contribution in [0.3, 0.4) is 0 Å². The molecule has 0 amide bonds. The number of esters is 1. The van der Waals surface area contributed by atoms with Crippen LogP contribution in [0, 0.1) is 5.92 Å². The summed E-state index contributed by atoms with van der Waals surface area (Å²) in [7, 11) is 1.39. The Morgan fingerprint density at radius 2 is 1.89 bits per heavy atom. The summed E-state index contributed by atoms with van der Waals surface area (Å²) in [6.07, 6.45) is 0.948. The van der Waals surface area contributed by atoms with Crippen LogP contribution in [0.4, 0.5) is 0 Å². The van der Waals surface area contributed by atoms with Gasteiger partial charge in [-0.25, -0.2) is 4.79 Å². The smallest absolute Gasteiger partial charge is 0.328 e. The quantitative estimate of drug-likeness (QED) is 0.458. The lowest BCUT2D eigenvalue weighted by Gasteiger charge is -2.27. The highest BCUT2D eigenvalue weighted by atomic mass is 16.5. The van der Waals surface area contributed by atoms with Gasteiger partial charge in [0.1, 0.15) is 5.54 Å². The molecule has 0 aromatic heterocycles. The van der Waals surface area contributed by atoms with Crippen LogP contribution in [0.25, 0.3) is 0 Å². The summed E-state index contributed by atoms with van der Waals surface area (Å²) in [5.41, 5.74) is -0.789. The Bertz CT molecular complexity index is 246. The fraction of sp³-hybridized carbons (Fsp3) is 0.929. The van der Waals surface area contributed by atoms with Crippen LogP contribution in [-0.2, 0) is 19.0 Å². The average Bonchev–Trinajstić information content (AvgIpc) is 2.39. The molecule has 0 fully saturated rings. The van der Waals surface area contributed by atoms with Crippen molar-refractivity contribution in [2.45, 2.75) is 39.7 Å². The van der Waals surface area contributed by atoms with E-state index in [0.717, 1.165) is 19.6 Å². The summed E-state index contributed by atoms with van der Waals surface area (Å²) < 4.78 is 15.7. The zero-order valence-corrected chi connectivity index (χ0v) is 13.0. The standard InChI is InChI=1S/C14H29NO4/c1-6-7-15-14(4,13(16)17-5)11-19-9-8-18-10-12(2)3/h12,15H,6-11H2,1-5H3. The minimum absolute atomic E-state index is 0.282. The summed E-state index contributed by atoms with van der Waals surface area (Å²) in [4.78, 5) is 11.8. The largest absolute Gasteiger partial charge is 0.468 e. The zero-order valence-electron chi connectivity index (χ0n) is 13.0. The van der Waals surface area contributed by atoms with E-state index in [9.17, 15) is 4.79 Å². The van der Waals surface area contributed by atoms with E-state index in [1.807, 2.05) is 6.92 Å². The number of hydrogen-bond acceptors (Lipinski definition) is 5. The summed E-state index contributed by atoms with van der Waals surface area (Å²) in [6, 6.07) is 0. The fourth-order valence-corrected chi connectivity index (χ4v) is 1.52. The van der Waals surface area contributed by atoms with Crippen molar-refractivity contribution in [3.63, 3.8) is 0 Å². The van der Waals surface area contributed by atoms with E-state index in [1.165, 1.54) is 7.11 Å². The highest BCUT2D eigenvalue weighted by Crippen LogP contribution is 2.07. The van der Waals surface area contributed by atoms with Gasteiger partial charge < -0.3 is 19.5 Å². The molecule has 0 saturated heterocycles. The van der Waals surface area contributed by atoms with E-state index in [2.05, 4.69) is 19.2 Å². The summed E-state index contributed by atoms with van der Waals surface area (Å²) in [6.45, 7) is 10.8. The van der Waals surface area contributed by atoms with Crippen molar-refractivity contribution >= 4 is 5.97 Å². The molecule has 1 atom stereocenters. The molecule has 0 bridgehead atoms. The van der Waals surface area contributed by atoms with Gasteiger partial charge in [0.25, 0.3) is 0 Å². The maximum Gasteiger partial charge on any atom is 0.328 e. The highest BCUT2D eigenvalue weighted by Gasteiger charge is 2.33. The predicted octanol–water partition coefficient (Wildman–Crippen LogP) is 1.61. The first-order valence-electron chi connectivity index (χ1n) is 6.95. The Balaban J connectivity index is 3.96. The van der Waals surface area contributed by atoms with Gasteiger partial charge in [0.2, 0.25) is 0 Å². The number of hydrogen-bond donors (Lipinski definition) is 1. The molecule has 1 N–H and O–H groups in total. The van der Waals surface area contributed by atoms with Crippen LogP contribution in [-0.4, -0.2) is 51.6 Å². The van der Waals surface area contributed by atoms with E-state index in [-0.39, 0.29) is 12.6 Å². The minimum atomic E-state index is -0.789. The van der Waals surface area contributed by atoms with Crippen LogP contribution in [0.15, 0.2) is 0 Å². The lowest BCUT2D eigenvalue weighted by molar-refractivity contribution is -0.151. The molecule has 0 spiro atoms. The normalized spacial score (nSPS) is 14.4. The van der Waals surface area contributed by atoms with Gasteiger partial charge in [0.15, 0.2) is 0 Å². The maximum absolute atomic E-state index is 11.8. The topological polar surface area (TPSA) is 56.8 Å². The van der Waals surface area contributed by atoms with Crippen molar-refractivity contribution in [2.24, 2.45) is 5.92 Å². The Kier molecular flexibility index (Phi) is 9.83. The third-order valence-electron chi connectivity index (χ3n) is 2.62. The maximum atomic E-state index is 11.8. The summed E-state index contributed by atoms with van der Waals surface area (Å²) >= 11 is 0. The van der Waals surface area contributed by atoms with E-state index in [1.54, 1.807) is 6.92 Å². The van der Waals surface area contributed by atoms with Crippen molar-refractivity contribution < 1.29 is 19.0 Å². The number of carbonyl (C=O) groups excluding carboxylic acids is 1. The van der Waals surface area contributed by atoms with Crippen LogP contribution in [0.5, 0.6) is 0 Å². The van der Waals surface area contributed by atoms with Gasteiger partial charge in [-0.15, -0.1) is 0 Å². The first-order chi connectivity index (χ1) is 8.96. The van der Waals surface area contributed by atoms with Crippen molar-refractivity contribution in [1.29, 1.82) is 0 Å². The zero-order chi connectivity index (χ0) is 14.7. The van der Waals surface area contributed by atoms with E-state index in [0.29, 0.717) is 19.1 Å². The Morgan fingerprint density at radius 1 is 1.26 bits per heavy atom. The van der Waals surface area contributed by atoms with Gasteiger partial charge in [-0.2, -0.15) is 0 Å². The van der Waals surface area contributed by atoms with Crippen molar-refractivity contribution in [1.82, 2.24) is 5.32 Å². The molecule has 0 aliphatic heterocycles. The third kappa shape index (κ3) is 8.18. The average molecular weight is 275 g/mol. The molecule has 0 heterocycles. The number of methoxy groups -OCH3 is 1. The molecule has 0 radical (unpaired) electrons. The van der Waals surface area contributed by atoms with Gasteiger partial charge in [-0.1, -0.05) is 20.8 Å². The molecule has 0 rings (SSSR count). The highest BCUT2D eigenvalue weighted by molar-refractivity contribution is 5.80. The first-order valence-corrected chi connectivity index (χ1v) is 6.95. The van der Waals surface area contributed by atoms with E-state index < -0.39 is 5.54 Å². The van der Waals surface area contributed by atoms with Crippen molar-refractivity contribution in [3.05, 3.63) is 0 Å². The van der Waals surface area contributed by atoms with Gasteiger partial charge >= 0.3 is 5.97 Å². The van der Waals surface area contributed by atoms with Crippen LogP contribution < -0.4 is 5.32 Å². The lowest BCUT2D eigenvalue weighted by atomic mass is 10.0. The van der Waals surface area contributed by atoms with Gasteiger partial charge in [-0.3, -0.25) is 0 Å². The molecule has 0 aliphatic carbocycles. The number of carbonyl (C=O) groups is 1. The molecule has 0 saturated carbocycles. The molecule has 5 heteroatoms. The van der Waals surface area contributed by atoms with Gasteiger partial charge in [0.05, 0.1) is 26.9 Å². The SMILES string of the molecule is CCCNC(C)(COCCOCC(C)C)C(=O)OC. The molecule has 0 aromatic carbocycles. The second kappa shape index (κ2) is 10.2. The molecule has 114 valence electrons. The van der Waals surface area contributed by atoms with Crippen LogP contribution >= 0.6 is 0 Å². The van der Waals surface area contributed by atoms with Crippen molar-refractivity contribution in [3.8, 4) is 0 Å². The Hall–Kier alpha value is -0.650. The van der Waals surface area contributed by atoms with Gasteiger partial charge in [-0.05, 0) is 25.8 Å². The van der Waals surface area contributed by atoms with E-state index >= 15 is 0 Å². The Morgan fingerprint density at radius 3 is 2.42 bits per heavy atom. The number of nitrogens with one attached hydrogen (secondary N) is 1. The molecular weight excluding hydrogens is 246 g/mol. The minimum Gasteiger partial charge on any atom is -0.468 e. The molecule has 0 aliphatic rings. The lowest BCUT2D eigenvalue weighted by Crippen LogP contribution is -2.54. The number of ether oxygens (including phenoxy) is 3. The molecule has 1 unspecified atom stereocenters. The number of rotatable bonds is 11. The Labute approximate surface area is 117 Å². The molecule has 19 heavy (non-hydrogen) atoms. The molecule has 0 aromatic rings. The third-order valence-corrected chi connectivity index (χ3v) is 2.62. The van der Waals surface area contributed by atoms with Crippen LogP contribution in [0.1, 0.15) is 34.1 Å². The van der Waals surface area contributed by atoms with E-state index in [4.69, 9.17) is 14.2 Å². The summed E-state index contributed by atoms with van der Waals surface area (Å²) in [5, 5.41) is 3.17. The second-order valence-corrected chi connectivity index (χ2v) is 5.27. The second-order valence-electron chi connectivity index (χ2n) is 5.27. The molecular formula is C14H29NO4. The van der Waals surface area contributed by atoms with Gasteiger partial charge in [0, 0.05) is 6.61 Å². The predicted molar refractivity (Wildman–Crippen MR) is 75.2 cm³/mol. The van der Waals surface area contributed by atoms with Crippen LogP contribution in [0.2, 0.25) is 0 Å². The fourth-order valence-electron chi connectivity index (χ4n) is 1.52.